The number of rotatable bonds is 12. The van der Waals surface area contributed by atoms with Gasteiger partial charge >= 0.3 is 5.97 Å². The van der Waals surface area contributed by atoms with Crippen LogP contribution in [0.1, 0.15) is 60.9 Å². The molecule has 13 heteroatoms. The Kier molecular flexibility index (Phi) is 12.0. The number of nitrogens with zero attached hydrogens (tertiary/aromatic N) is 1. The van der Waals surface area contributed by atoms with Crippen LogP contribution in [0.2, 0.25) is 0 Å². The third kappa shape index (κ3) is 8.93. The lowest BCUT2D eigenvalue weighted by Gasteiger charge is -2.18. The largest absolute Gasteiger partial charge is 0.465 e. The third-order valence-corrected chi connectivity index (χ3v) is 11.2. The monoisotopic (exact) mass is 760 g/mol. The van der Waals surface area contributed by atoms with E-state index in [1.54, 1.807) is 60.7 Å². The highest BCUT2D eigenvalue weighted by atomic mass is 32.2. The highest BCUT2D eigenvalue weighted by Crippen LogP contribution is 2.42. The zero-order valence-corrected chi connectivity index (χ0v) is 31.0. The molecule has 6 rings (SSSR count). The third-order valence-electron chi connectivity index (χ3n) is 8.79. The molecule has 0 saturated carbocycles. The van der Waals surface area contributed by atoms with E-state index in [4.69, 9.17) is 4.74 Å². The summed E-state index contributed by atoms with van der Waals surface area (Å²) in [5.74, 6) is -1.65. The standard InChI is InChI=1S/C41H36N4O7S2/c1-25-20-21-31-34(22-25)54-40(35(31)41(49)52-2)44-39(48)36(26-12-5-3-6-13-26)53-30-18-11-17-29(24-30)42-38(47)32(43-37(46)27-14-7-4-8-15-27)23-28-16-9-10-19-33(28)45(50)51/h3-19,23-25,36H,20-22H2,1-2H3,(H,42,47)(H,43,46)(H,44,48)/b32-23+. The molecule has 2 unspecified atom stereocenters. The van der Waals surface area contributed by atoms with Gasteiger partial charge in [0.15, 0.2) is 0 Å². The number of hydrogen-bond donors (Lipinski definition) is 3. The fraction of sp³-hybridized carbons (Fsp3) is 0.171. The first-order chi connectivity index (χ1) is 26.1. The summed E-state index contributed by atoms with van der Waals surface area (Å²) >= 11 is 2.67. The first kappa shape index (κ1) is 37.7. The predicted octanol–water partition coefficient (Wildman–Crippen LogP) is 8.45. The molecule has 0 aliphatic heterocycles. The molecule has 1 heterocycles. The summed E-state index contributed by atoms with van der Waals surface area (Å²) in [7, 11) is 1.33. The van der Waals surface area contributed by atoms with Gasteiger partial charge in [-0.15, -0.1) is 23.1 Å². The number of esters is 1. The second-order valence-electron chi connectivity index (χ2n) is 12.6. The van der Waals surface area contributed by atoms with Crippen molar-refractivity contribution >= 4 is 69.2 Å². The Balaban J connectivity index is 1.27. The van der Waals surface area contributed by atoms with E-state index in [-0.39, 0.29) is 22.9 Å². The fourth-order valence-electron chi connectivity index (χ4n) is 6.09. The number of hydrogen-bond acceptors (Lipinski definition) is 9. The number of anilines is 2. The maximum atomic E-state index is 14.1. The zero-order chi connectivity index (χ0) is 38.2. The van der Waals surface area contributed by atoms with Gasteiger partial charge in [0, 0.05) is 27.1 Å². The van der Waals surface area contributed by atoms with E-state index in [2.05, 4.69) is 22.9 Å². The molecule has 0 saturated heterocycles. The van der Waals surface area contributed by atoms with E-state index in [0.29, 0.717) is 32.6 Å². The van der Waals surface area contributed by atoms with Crippen LogP contribution in [-0.4, -0.2) is 35.7 Å². The minimum Gasteiger partial charge on any atom is -0.465 e. The summed E-state index contributed by atoms with van der Waals surface area (Å²) in [4.78, 5) is 66.9. The quantitative estimate of drug-likeness (QED) is 0.0376. The van der Waals surface area contributed by atoms with Crippen LogP contribution in [0, 0.1) is 16.0 Å². The number of carbonyl (C=O) groups is 4. The van der Waals surface area contributed by atoms with Gasteiger partial charge in [0.1, 0.15) is 15.9 Å². The van der Waals surface area contributed by atoms with Crippen LogP contribution < -0.4 is 16.0 Å². The molecule has 5 aromatic rings. The lowest BCUT2D eigenvalue weighted by atomic mass is 9.88. The minimum absolute atomic E-state index is 0.124. The molecule has 2 atom stereocenters. The predicted molar refractivity (Wildman–Crippen MR) is 211 cm³/mol. The van der Waals surface area contributed by atoms with Crippen molar-refractivity contribution in [3.63, 3.8) is 0 Å². The summed E-state index contributed by atoms with van der Waals surface area (Å²) in [5, 5.41) is 19.9. The lowest BCUT2D eigenvalue weighted by Crippen LogP contribution is -2.30. The Morgan fingerprint density at radius 2 is 1.63 bits per heavy atom. The Morgan fingerprint density at radius 1 is 0.926 bits per heavy atom. The number of benzene rings is 4. The van der Waals surface area contributed by atoms with E-state index < -0.39 is 28.0 Å². The summed E-state index contributed by atoms with van der Waals surface area (Å²) in [5.41, 5.74) is 2.38. The molecule has 3 N–H and O–H groups in total. The molecular formula is C41H36N4O7S2. The number of amides is 3. The molecule has 0 radical (unpaired) electrons. The zero-order valence-electron chi connectivity index (χ0n) is 29.4. The summed E-state index contributed by atoms with van der Waals surface area (Å²) < 4.78 is 5.12. The highest BCUT2D eigenvalue weighted by Gasteiger charge is 2.31. The van der Waals surface area contributed by atoms with Crippen LogP contribution >= 0.6 is 23.1 Å². The lowest BCUT2D eigenvalue weighted by molar-refractivity contribution is -0.385. The molecule has 0 bridgehead atoms. The Hall–Kier alpha value is -6.05. The number of fused-ring (bicyclic) bond motifs is 1. The van der Waals surface area contributed by atoms with Gasteiger partial charge in [-0.3, -0.25) is 24.5 Å². The number of ether oxygens (including phenoxy) is 1. The van der Waals surface area contributed by atoms with Crippen LogP contribution in [0.3, 0.4) is 0 Å². The van der Waals surface area contributed by atoms with E-state index >= 15 is 0 Å². The number of methoxy groups -OCH3 is 1. The van der Waals surface area contributed by atoms with Crippen LogP contribution in [0.5, 0.6) is 0 Å². The van der Waals surface area contributed by atoms with Crippen molar-refractivity contribution in [3.05, 3.63) is 158 Å². The molecule has 4 aromatic carbocycles. The second kappa shape index (κ2) is 17.2. The van der Waals surface area contributed by atoms with E-state index in [9.17, 15) is 29.3 Å². The SMILES string of the molecule is COC(=O)c1c(NC(=O)C(Sc2cccc(NC(=O)/C(=C\c3ccccc3[N+](=O)[O-])NC(=O)c3ccccc3)c2)c2ccccc2)sc2c1CCC(C)C2. The van der Waals surface area contributed by atoms with Crippen molar-refractivity contribution < 1.29 is 28.8 Å². The number of nitro benzene ring substituents is 1. The first-order valence-corrected chi connectivity index (χ1v) is 18.8. The van der Waals surface area contributed by atoms with Crippen LogP contribution in [0.25, 0.3) is 6.08 Å². The van der Waals surface area contributed by atoms with Crippen molar-refractivity contribution in [3.8, 4) is 0 Å². The van der Waals surface area contributed by atoms with Gasteiger partial charge < -0.3 is 20.7 Å². The Labute approximate surface area is 320 Å². The fourth-order valence-corrected chi connectivity index (χ4v) is 8.58. The molecule has 1 aromatic heterocycles. The van der Waals surface area contributed by atoms with E-state index in [0.717, 1.165) is 35.3 Å². The van der Waals surface area contributed by atoms with E-state index in [1.165, 1.54) is 54.5 Å². The Morgan fingerprint density at radius 3 is 2.35 bits per heavy atom. The molecule has 54 heavy (non-hydrogen) atoms. The summed E-state index contributed by atoms with van der Waals surface area (Å²) in [6, 6.07) is 30.3. The average molecular weight is 761 g/mol. The van der Waals surface area contributed by atoms with Crippen molar-refractivity contribution in [1.29, 1.82) is 0 Å². The second-order valence-corrected chi connectivity index (χ2v) is 14.9. The van der Waals surface area contributed by atoms with Gasteiger partial charge in [-0.2, -0.15) is 0 Å². The molecular weight excluding hydrogens is 725 g/mol. The van der Waals surface area contributed by atoms with Crippen LogP contribution in [0.15, 0.2) is 120 Å². The topological polar surface area (TPSA) is 157 Å². The van der Waals surface area contributed by atoms with Crippen molar-refractivity contribution in [1.82, 2.24) is 5.32 Å². The molecule has 3 amide bonds. The summed E-state index contributed by atoms with van der Waals surface area (Å²) in [6.45, 7) is 2.17. The average Bonchev–Trinajstić information content (AvgIpc) is 3.53. The van der Waals surface area contributed by atoms with Crippen molar-refractivity contribution in [2.45, 2.75) is 36.3 Å². The molecule has 11 nitrogen and oxygen atoms in total. The maximum absolute atomic E-state index is 14.1. The highest BCUT2D eigenvalue weighted by molar-refractivity contribution is 8.00. The van der Waals surface area contributed by atoms with Crippen LogP contribution in [0.4, 0.5) is 16.4 Å². The van der Waals surface area contributed by atoms with E-state index in [1.807, 2.05) is 30.3 Å². The summed E-state index contributed by atoms with van der Waals surface area (Å²) in [6.07, 6.45) is 3.76. The minimum atomic E-state index is -0.750. The first-order valence-electron chi connectivity index (χ1n) is 17.1. The van der Waals surface area contributed by atoms with Crippen molar-refractivity contribution in [2.24, 2.45) is 5.92 Å². The normalized spacial score (nSPS) is 14.3. The molecule has 0 fully saturated rings. The van der Waals surface area contributed by atoms with Gasteiger partial charge in [0.25, 0.3) is 17.5 Å². The number of thioether (sulfide) groups is 1. The number of thiophene rings is 1. The number of para-hydroxylation sites is 1. The number of nitrogens with one attached hydrogen (secondary N) is 3. The number of nitro groups is 1. The van der Waals surface area contributed by atoms with Crippen LogP contribution in [-0.2, 0) is 27.2 Å². The van der Waals surface area contributed by atoms with Gasteiger partial charge in [-0.1, -0.05) is 73.7 Å². The molecule has 274 valence electrons. The van der Waals surface area contributed by atoms with Gasteiger partial charge in [-0.05, 0) is 78.8 Å². The van der Waals surface area contributed by atoms with Gasteiger partial charge in [-0.25, -0.2) is 4.79 Å². The molecule has 1 aliphatic rings. The maximum Gasteiger partial charge on any atom is 0.341 e. The van der Waals surface area contributed by atoms with Crippen molar-refractivity contribution in [2.75, 3.05) is 17.7 Å². The van der Waals surface area contributed by atoms with Gasteiger partial charge in [0.2, 0.25) is 5.91 Å². The smallest absolute Gasteiger partial charge is 0.341 e. The number of carbonyl (C=O) groups excluding carboxylic acids is 4. The van der Waals surface area contributed by atoms with Gasteiger partial charge in [0.05, 0.1) is 23.2 Å². The Bertz CT molecular complexity index is 2240. The molecule has 1 aliphatic carbocycles. The molecule has 0 spiro atoms.